The fourth-order valence-corrected chi connectivity index (χ4v) is 2.53. The van der Waals surface area contributed by atoms with Gasteiger partial charge in [0.05, 0.1) is 6.10 Å². The van der Waals surface area contributed by atoms with E-state index >= 15 is 0 Å². The number of aliphatic hydroxyl groups excluding tert-OH is 1. The number of ether oxygens (including phenoxy) is 1. The zero-order valence-corrected chi connectivity index (χ0v) is 11.4. The predicted molar refractivity (Wildman–Crippen MR) is 74.0 cm³/mol. The molecule has 1 aromatic rings. The van der Waals surface area contributed by atoms with E-state index in [1.54, 1.807) is 0 Å². The Labute approximate surface area is 110 Å². The summed E-state index contributed by atoms with van der Waals surface area (Å²) >= 11 is 0. The number of benzene rings is 1. The Morgan fingerprint density at radius 3 is 2.61 bits per heavy atom. The lowest BCUT2D eigenvalue weighted by molar-refractivity contribution is 0.0536. The lowest BCUT2D eigenvalue weighted by atomic mass is 9.95. The van der Waals surface area contributed by atoms with Crippen molar-refractivity contribution in [1.82, 2.24) is 0 Å². The molecule has 1 fully saturated rings. The minimum atomic E-state index is -0.178. The standard InChI is InChI=1S/C16H24O2/c1-3-12(2)13-7-9-15(10-8-13)18-16-6-4-5-14(17)11-16/h7-10,12,14,16-17H,3-6,11H2,1-2H3. The average molecular weight is 248 g/mol. The van der Waals surface area contributed by atoms with Crippen molar-refractivity contribution in [3.63, 3.8) is 0 Å². The Kier molecular flexibility index (Phi) is 4.65. The van der Waals surface area contributed by atoms with Crippen LogP contribution in [0.25, 0.3) is 0 Å². The molecule has 1 saturated carbocycles. The van der Waals surface area contributed by atoms with E-state index in [0.717, 1.165) is 37.9 Å². The first-order chi connectivity index (χ1) is 8.69. The van der Waals surface area contributed by atoms with Crippen LogP contribution in [-0.4, -0.2) is 17.3 Å². The maximum atomic E-state index is 9.63. The Bertz CT molecular complexity index is 358. The van der Waals surface area contributed by atoms with Gasteiger partial charge in [-0.3, -0.25) is 0 Å². The second-order valence-corrected chi connectivity index (χ2v) is 5.44. The first-order valence-corrected chi connectivity index (χ1v) is 7.13. The van der Waals surface area contributed by atoms with Gasteiger partial charge < -0.3 is 9.84 Å². The van der Waals surface area contributed by atoms with Crippen LogP contribution in [0.2, 0.25) is 0 Å². The van der Waals surface area contributed by atoms with Gasteiger partial charge in [-0.25, -0.2) is 0 Å². The second kappa shape index (κ2) is 6.24. The molecule has 3 unspecified atom stereocenters. The van der Waals surface area contributed by atoms with Gasteiger partial charge in [-0.05, 0) is 49.3 Å². The normalized spacial score (nSPS) is 25.7. The van der Waals surface area contributed by atoms with Crippen molar-refractivity contribution < 1.29 is 9.84 Å². The molecule has 0 amide bonds. The van der Waals surface area contributed by atoms with Gasteiger partial charge in [-0.2, -0.15) is 0 Å². The van der Waals surface area contributed by atoms with Gasteiger partial charge in [0.25, 0.3) is 0 Å². The van der Waals surface area contributed by atoms with Gasteiger partial charge in [0.15, 0.2) is 0 Å². The van der Waals surface area contributed by atoms with Crippen LogP contribution in [0.5, 0.6) is 5.75 Å². The fraction of sp³-hybridized carbons (Fsp3) is 0.625. The highest BCUT2D eigenvalue weighted by Crippen LogP contribution is 2.26. The van der Waals surface area contributed by atoms with Crippen LogP contribution in [0.15, 0.2) is 24.3 Å². The molecule has 2 heteroatoms. The van der Waals surface area contributed by atoms with Crippen LogP contribution in [0.1, 0.15) is 57.4 Å². The molecule has 100 valence electrons. The third-order valence-electron chi connectivity index (χ3n) is 3.96. The summed E-state index contributed by atoms with van der Waals surface area (Å²) in [7, 11) is 0. The summed E-state index contributed by atoms with van der Waals surface area (Å²) in [5.41, 5.74) is 1.37. The molecule has 1 aliphatic carbocycles. The van der Waals surface area contributed by atoms with Crippen molar-refractivity contribution in [2.75, 3.05) is 0 Å². The summed E-state index contributed by atoms with van der Waals surface area (Å²) in [5.74, 6) is 1.54. The van der Waals surface area contributed by atoms with Crippen molar-refractivity contribution in [1.29, 1.82) is 0 Å². The molecule has 1 N–H and O–H groups in total. The van der Waals surface area contributed by atoms with Crippen LogP contribution in [0.3, 0.4) is 0 Å². The minimum Gasteiger partial charge on any atom is -0.490 e. The zero-order chi connectivity index (χ0) is 13.0. The molecule has 0 aliphatic heterocycles. The highest BCUT2D eigenvalue weighted by Gasteiger charge is 2.21. The van der Waals surface area contributed by atoms with Gasteiger partial charge in [0, 0.05) is 6.42 Å². The first-order valence-electron chi connectivity index (χ1n) is 7.13. The number of rotatable bonds is 4. The number of hydrogen-bond acceptors (Lipinski definition) is 2. The van der Waals surface area contributed by atoms with E-state index < -0.39 is 0 Å². The first kappa shape index (κ1) is 13.4. The third-order valence-corrected chi connectivity index (χ3v) is 3.96. The molecule has 18 heavy (non-hydrogen) atoms. The van der Waals surface area contributed by atoms with E-state index in [1.807, 2.05) is 0 Å². The third kappa shape index (κ3) is 3.49. The summed E-state index contributed by atoms with van der Waals surface area (Å²) in [6.07, 6.45) is 4.99. The molecule has 1 aliphatic rings. The maximum Gasteiger partial charge on any atom is 0.119 e. The summed E-state index contributed by atoms with van der Waals surface area (Å²) < 4.78 is 5.93. The van der Waals surface area contributed by atoms with Gasteiger partial charge in [-0.15, -0.1) is 0 Å². The van der Waals surface area contributed by atoms with Gasteiger partial charge in [0.1, 0.15) is 11.9 Å². The van der Waals surface area contributed by atoms with Crippen molar-refractivity contribution in [3.8, 4) is 5.75 Å². The highest BCUT2D eigenvalue weighted by molar-refractivity contribution is 5.29. The largest absolute Gasteiger partial charge is 0.490 e. The second-order valence-electron chi connectivity index (χ2n) is 5.44. The predicted octanol–water partition coefficient (Wildman–Crippen LogP) is 3.88. The number of hydrogen-bond donors (Lipinski definition) is 1. The minimum absolute atomic E-state index is 0.178. The van der Waals surface area contributed by atoms with Crippen LogP contribution in [0.4, 0.5) is 0 Å². The summed E-state index contributed by atoms with van der Waals surface area (Å²) in [6.45, 7) is 4.45. The summed E-state index contributed by atoms with van der Waals surface area (Å²) in [4.78, 5) is 0. The molecule has 0 saturated heterocycles. The molecule has 0 bridgehead atoms. The fourth-order valence-electron chi connectivity index (χ4n) is 2.53. The van der Waals surface area contributed by atoms with E-state index in [4.69, 9.17) is 4.74 Å². The molecule has 0 aromatic heterocycles. The van der Waals surface area contributed by atoms with E-state index in [1.165, 1.54) is 5.56 Å². The monoisotopic (exact) mass is 248 g/mol. The molecule has 3 atom stereocenters. The van der Waals surface area contributed by atoms with Crippen molar-refractivity contribution in [3.05, 3.63) is 29.8 Å². The SMILES string of the molecule is CCC(C)c1ccc(OC2CCCC(O)C2)cc1. The van der Waals surface area contributed by atoms with Crippen LogP contribution >= 0.6 is 0 Å². The number of aliphatic hydroxyl groups is 1. The average Bonchev–Trinajstić information content (AvgIpc) is 2.39. The van der Waals surface area contributed by atoms with Crippen molar-refractivity contribution in [2.45, 2.75) is 64.1 Å². The molecule has 0 spiro atoms. The Morgan fingerprint density at radius 1 is 1.28 bits per heavy atom. The summed E-state index contributed by atoms with van der Waals surface area (Å²) in [5, 5.41) is 9.63. The maximum absolute atomic E-state index is 9.63. The molecule has 2 rings (SSSR count). The van der Waals surface area contributed by atoms with Crippen molar-refractivity contribution >= 4 is 0 Å². The smallest absolute Gasteiger partial charge is 0.119 e. The lowest BCUT2D eigenvalue weighted by Gasteiger charge is -2.26. The molecule has 0 radical (unpaired) electrons. The van der Waals surface area contributed by atoms with Gasteiger partial charge in [-0.1, -0.05) is 26.0 Å². The molecular formula is C16H24O2. The van der Waals surface area contributed by atoms with E-state index in [-0.39, 0.29) is 12.2 Å². The van der Waals surface area contributed by atoms with Gasteiger partial charge >= 0.3 is 0 Å². The van der Waals surface area contributed by atoms with Crippen LogP contribution in [0, 0.1) is 0 Å². The van der Waals surface area contributed by atoms with Gasteiger partial charge in [0.2, 0.25) is 0 Å². The molecule has 1 aromatic carbocycles. The molecular weight excluding hydrogens is 224 g/mol. The quantitative estimate of drug-likeness (QED) is 0.876. The lowest BCUT2D eigenvalue weighted by Crippen LogP contribution is -2.28. The Hall–Kier alpha value is -1.02. The van der Waals surface area contributed by atoms with Crippen LogP contribution in [-0.2, 0) is 0 Å². The topological polar surface area (TPSA) is 29.5 Å². The molecule has 0 heterocycles. The summed E-state index contributed by atoms with van der Waals surface area (Å²) in [6, 6.07) is 8.43. The molecule has 2 nitrogen and oxygen atoms in total. The van der Waals surface area contributed by atoms with Crippen LogP contribution < -0.4 is 4.74 Å². The Balaban J connectivity index is 1.93. The zero-order valence-electron chi connectivity index (χ0n) is 11.4. The van der Waals surface area contributed by atoms with E-state index in [2.05, 4.69) is 38.1 Å². The highest BCUT2D eigenvalue weighted by atomic mass is 16.5. The van der Waals surface area contributed by atoms with E-state index in [9.17, 15) is 5.11 Å². The van der Waals surface area contributed by atoms with Crippen molar-refractivity contribution in [2.24, 2.45) is 0 Å². The Morgan fingerprint density at radius 2 is 2.00 bits per heavy atom. The van der Waals surface area contributed by atoms with E-state index in [0.29, 0.717) is 5.92 Å².